The van der Waals surface area contributed by atoms with Crippen LogP contribution in [0.5, 0.6) is 5.75 Å². The number of nitrogens with one attached hydrogen (secondary N) is 1. The lowest BCUT2D eigenvalue weighted by atomic mass is 10.1. The Morgan fingerprint density at radius 1 is 1.45 bits per heavy atom. The van der Waals surface area contributed by atoms with Gasteiger partial charge in [0.25, 0.3) is 0 Å². The standard InChI is InChI=1S/C15H22N2O3/c1-19-13-5-3-2-4-11(13)8-9-17-15(18)14-7-6-12(10-16)20-14/h2-5,12,14H,6-10,16H2,1H3,(H,17,18)/t12-,14+/m1/s1. The summed E-state index contributed by atoms with van der Waals surface area (Å²) in [6.45, 7) is 1.05. The van der Waals surface area contributed by atoms with Gasteiger partial charge in [-0.3, -0.25) is 4.79 Å². The molecule has 1 aromatic rings. The maximum absolute atomic E-state index is 11.9. The molecule has 0 radical (unpaired) electrons. The van der Waals surface area contributed by atoms with Crippen LogP contribution in [0.25, 0.3) is 0 Å². The third-order valence-electron chi connectivity index (χ3n) is 3.55. The molecule has 1 aromatic carbocycles. The monoisotopic (exact) mass is 278 g/mol. The molecule has 3 N–H and O–H groups in total. The van der Waals surface area contributed by atoms with Gasteiger partial charge in [0.05, 0.1) is 13.2 Å². The van der Waals surface area contributed by atoms with Crippen molar-refractivity contribution in [3.8, 4) is 5.75 Å². The number of rotatable bonds is 6. The molecule has 0 saturated carbocycles. The molecule has 20 heavy (non-hydrogen) atoms. The van der Waals surface area contributed by atoms with E-state index in [2.05, 4.69) is 5.32 Å². The number of methoxy groups -OCH3 is 1. The Bertz CT molecular complexity index is 450. The van der Waals surface area contributed by atoms with Gasteiger partial charge in [0.1, 0.15) is 11.9 Å². The van der Waals surface area contributed by atoms with Gasteiger partial charge in [-0.15, -0.1) is 0 Å². The molecule has 1 amide bonds. The van der Waals surface area contributed by atoms with E-state index in [1.807, 2.05) is 24.3 Å². The minimum atomic E-state index is -0.346. The SMILES string of the molecule is COc1ccccc1CCNC(=O)[C@@H]1CC[C@H](CN)O1. The van der Waals surface area contributed by atoms with Gasteiger partial charge in [-0.2, -0.15) is 0 Å². The number of ether oxygens (including phenoxy) is 2. The molecule has 1 aliphatic rings. The minimum Gasteiger partial charge on any atom is -0.496 e. The quantitative estimate of drug-likeness (QED) is 0.809. The smallest absolute Gasteiger partial charge is 0.249 e. The first kappa shape index (κ1) is 14.8. The fourth-order valence-electron chi connectivity index (χ4n) is 2.42. The molecule has 1 fully saturated rings. The molecular formula is C15H22N2O3. The first-order chi connectivity index (χ1) is 9.74. The molecule has 0 aromatic heterocycles. The van der Waals surface area contributed by atoms with E-state index in [9.17, 15) is 4.79 Å². The van der Waals surface area contributed by atoms with Gasteiger partial charge < -0.3 is 20.5 Å². The minimum absolute atomic E-state index is 0.0277. The predicted molar refractivity (Wildman–Crippen MR) is 76.7 cm³/mol. The Morgan fingerprint density at radius 2 is 2.25 bits per heavy atom. The van der Waals surface area contributed by atoms with Gasteiger partial charge in [0, 0.05) is 13.1 Å². The van der Waals surface area contributed by atoms with E-state index >= 15 is 0 Å². The van der Waals surface area contributed by atoms with Crippen LogP contribution < -0.4 is 15.8 Å². The van der Waals surface area contributed by atoms with E-state index in [0.29, 0.717) is 13.1 Å². The van der Waals surface area contributed by atoms with Crippen molar-refractivity contribution < 1.29 is 14.3 Å². The predicted octanol–water partition coefficient (Wildman–Crippen LogP) is 0.860. The van der Waals surface area contributed by atoms with Crippen molar-refractivity contribution in [1.29, 1.82) is 0 Å². The lowest BCUT2D eigenvalue weighted by molar-refractivity contribution is -0.131. The number of carbonyl (C=O) groups is 1. The van der Waals surface area contributed by atoms with E-state index < -0.39 is 0 Å². The van der Waals surface area contributed by atoms with Gasteiger partial charge in [-0.25, -0.2) is 0 Å². The molecular weight excluding hydrogens is 256 g/mol. The van der Waals surface area contributed by atoms with E-state index in [4.69, 9.17) is 15.2 Å². The summed E-state index contributed by atoms with van der Waals surface area (Å²) < 4.78 is 10.8. The van der Waals surface area contributed by atoms with Crippen LogP contribution in [0.1, 0.15) is 18.4 Å². The number of para-hydroxylation sites is 1. The van der Waals surface area contributed by atoms with E-state index in [-0.39, 0.29) is 18.1 Å². The third kappa shape index (κ3) is 3.71. The molecule has 0 aliphatic carbocycles. The summed E-state index contributed by atoms with van der Waals surface area (Å²) in [5.74, 6) is 0.804. The number of hydrogen-bond donors (Lipinski definition) is 2. The lowest BCUT2D eigenvalue weighted by Gasteiger charge is -2.13. The average molecular weight is 278 g/mol. The van der Waals surface area contributed by atoms with E-state index in [1.165, 1.54) is 0 Å². The van der Waals surface area contributed by atoms with Crippen LogP contribution in [0.15, 0.2) is 24.3 Å². The Morgan fingerprint density at radius 3 is 2.95 bits per heavy atom. The number of nitrogens with two attached hydrogens (primary N) is 1. The van der Waals surface area contributed by atoms with Gasteiger partial charge in [-0.05, 0) is 30.9 Å². The summed E-state index contributed by atoms with van der Waals surface area (Å²) in [6.07, 6.45) is 2.04. The van der Waals surface area contributed by atoms with Crippen molar-refractivity contribution in [2.75, 3.05) is 20.2 Å². The second-order valence-electron chi connectivity index (χ2n) is 4.91. The zero-order chi connectivity index (χ0) is 14.4. The second kappa shape index (κ2) is 7.26. The maximum atomic E-state index is 11.9. The Balaban J connectivity index is 1.77. The molecule has 110 valence electrons. The third-order valence-corrected chi connectivity index (χ3v) is 3.55. The molecule has 2 atom stereocenters. The van der Waals surface area contributed by atoms with Crippen molar-refractivity contribution in [2.24, 2.45) is 5.73 Å². The fourth-order valence-corrected chi connectivity index (χ4v) is 2.42. The summed E-state index contributed by atoms with van der Waals surface area (Å²) >= 11 is 0. The lowest BCUT2D eigenvalue weighted by Crippen LogP contribution is -2.36. The number of benzene rings is 1. The molecule has 5 nitrogen and oxygen atoms in total. The zero-order valence-electron chi connectivity index (χ0n) is 11.8. The number of hydrogen-bond acceptors (Lipinski definition) is 4. The van der Waals surface area contributed by atoms with Gasteiger partial charge in [0.2, 0.25) is 5.91 Å². The normalized spacial score (nSPS) is 21.7. The number of carbonyl (C=O) groups excluding carboxylic acids is 1. The van der Waals surface area contributed by atoms with Crippen LogP contribution in [0.3, 0.4) is 0 Å². The average Bonchev–Trinajstić information content (AvgIpc) is 2.96. The molecule has 0 spiro atoms. The van der Waals surface area contributed by atoms with Crippen LogP contribution in [0.2, 0.25) is 0 Å². The van der Waals surface area contributed by atoms with Crippen molar-refractivity contribution in [1.82, 2.24) is 5.32 Å². The van der Waals surface area contributed by atoms with Gasteiger partial charge >= 0.3 is 0 Å². The molecule has 1 heterocycles. The highest BCUT2D eigenvalue weighted by atomic mass is 16.5. The van der Waals surface area contributed by atoms with Crippen LogP contribution in [-0.2, 0) is 16.0 Å². The Kier molecular flexibility index (Phi) is 5.38. The van der Waals surface area contributed by atoms with Gasteiger partial charge in [-0.1, -0.05) is 18.2 Å². The first-order valence-electron chi connectivity index (χ1n) is 6.99. The summed E-state index contributed by atoms with van der Waals surface area (Å²) in [5, 5.41) is 2.91. The Labute approximate surface area is 119 Å². The zero-order valence-corrected chi connectivity index (χ0v) is 11.8. The molecule has 5 heteroatoms. The van der Waals surface area contributed by atoms with Crippen molar-refractivity contribution in [3.05, 3.63) is 29.8 Å². The van der Waals surface area contributed by atoms with Crippen LogP contribution in [0.4, 0.5) is 0 Å². The molecule has 0 bridgehead atoms. The largest absolute Gasteiger partial charge is 0.496 e. The molecule has 0 unspecified atom stereocenters. The molecule has 1 aliphatic heterocycles. The maximum Gasteiger partial charge on any atom is 0.249 e. The van der Waals surface area contributed by atoms with Crippen molar-refractivity contribution in [2.45, 2.75) is 31.5 Å². The first-order valence-corrected chi connectivity index (χ1v) is 6.99. The Hall–Kier alpha value is -1.59. The summed E-state index contributed by atoms with van der Waals surface area (Å²) in [5.41, 5.74) is 6.62. The molecule has 2 rings (SSSR count). The van der Waals surface area contributed by atoms with E-state index in [1.54, 1.807) is 7.11 Å². The molecule has 1 saturated heterocycles. The summed E-state index contributed by atoms with van der Waals surface area (Å²) in [6, 6.07) is 7.82. The van der Waals surface area contributed by atoms with E-state index in [0.717, 1.165) is 30.6 Å². The fraction of sp³-hybridized carbons (Fsp3) is 0.533. The van der Waals surface area contributed by atoms with Crippen LogP contribution >= 0.6 is 0 Å². The van der Waals surface area contributed by atoms with Crippen molar-refractivity contribution in [3.63, 3.8) is 0 Å². The topological polar surface area (TPSA) is 73.6 Å². The number of amides is 1. The highest BCUT2D eigenvalue weighted by Crippen LogP contribution is 2.19. The van der Waals surface area contributed by atoms with Crippen LogP contribution in [-0.4, -0.2) is 38.3 Å². The van der Waals surface area contributed by atoms with Crippen molar-refractivity contribution >= 4 is 5.91 Å². The van der Waals surface area contributed by atoms with Crippen LogP contribution in [0, 0.1) is 0 Å². The highest BCUT2D eigenvalue weighted by Gasteiger charge is 2.29. The summed E-state index contributed by atoms with van der Waals surface area (Å²) in [7, 11) is 1.65. The highest BCUT2D eigenvalue weighted by molar-refractivity contribution is 5.81. The second-order valence-corrected chi connectivity index (χ2v) is 4.91. The van der Waals surface area contributed by atoms with Gasteiger partial charge in [0.15, 0.2) is 0 Å². The summed E-state index contributed by atoms with van der Waals surface area (Å²) in [4.78, 5) is 11.9.